The van der Waals surface area contributed by atoms with Crippen LogP contribution in [0.4, 0.5) is 4.39 Å². The van der Waals surface area contributed by atoms with Gasteiger partial charge in [-0.3, -0.25) is 0 Å². The molecule has 1 heterocycles. The van der Waals surface area contributed by atoms with Gasteiger partial charge >= 0.3 is 0 Å². The lowest BCUT2D eigenvalue weighted by Gasteiger charge is -2.15. The zero-order valence-corrected chi connectivity index (χ0v) is 9.61. The van der Waals surface area contributed by atoms with Crippen LogP contribution in [0.3, 0.4) is 0 Å². The van der Waals surface area contributed by atoms with Crippen LogP contribution in [0.25, 0.3) is 10.9 Å². The highest BCUT2D eigenvalue weighted by molar-refractivity contribution is 5.82. The molecule has 1 aromatic carbocycles. The van der Waals surface area contributed by atoms with Gasteiger partial charge in [0.05, 0.1) is 5.52 Å². The number of fused-ring (bicyclic) bond motifs is 1. The van der Waals surface area contributed by atoms with Crippen molar-refractivity contribution in [2.24, 2.45) is 0 Å². The number of nitrogens with one attached hydrogen (secondary N) is 1. The molecule has 2 heteroatoms. The summed E-state index contributed by atoms with van der Waals surface area (Å²) in [5, 5.41) is 0.956. The van der Waals surface area contributed by atoms with Gasteiger partial charge in [0.2, 0.25) is 0 Å². The van der Waals surface area contributed by atoms with Crippen LogP contribution in [-0.2, 0) is 5.41 Å². The Morgan fingerprint density at radius 2 is 1.80 bits per heavy atom. The predicted octanol–water partition coefficient (Wildman–Crippen LogP) is 3.91. The van der Waals surface area contributed by atoms with E-state index >= 15 is 0 Å². The molecule has 0 radical (unpaired) electrons. The van der Waals surface area contributed by atoms with Gasteiger partial charge in [-0.1, -0.05) is 20.8 Å². The fourth-order valence-electron chi connectivity index (χ4n) is 1.75. The lowest BCUT2D eigenvalue weighted by molar-refractivity contribution is 0.572. The predicted molar refractivity (Wildman–Crippen MR) is 61.7 cm³/mol. The first-order chi connectivity index (χ1) is 6.88. The molecule has 0 saturated carbocycles. The van der Waals surface area contributed by atoms with E-state index in [1.807, 2.05) is 19.1 Å². The third-order valence-corrected chi connectivity index (χ3v) is 2.63. The summed E-state index contributed by atoms with van der Waals surface area (Å²) < 4.78 is 13.6. The molecule has 0 aliphatic carbocycles. The van der Waals surface area contributed by atoms with E-state index in [2.05, 4.69) is 25.8 Å². The largest absolute Gasteiger partial charge is 0.356 e. The van der Waals surface area contributed by atoms with Gasteiger partial charge in [-0.25, -0.2) is 4.39 Å². The second-order valence-electron chi connectivity index (χ2n) is 5.14. The molecule has 1 aromatic heterocycles. The standard InChI is InChI=1S/C13H16FN/c1-8-5-9-7-11(13(2,3)4)15-12(9)10(14)6-8/h5-7,15H,1-4H3. The Morgan fingerprint density at radius 1 is 1.13 bits per heavy atom. The van der Waals surface area contributed by atoms with Crippen LogP contribution >= 0.6 is 0 Å². The van der Waals surface area contributed by atoms with Crippen molar-refractivity contribution in [2.45, 2.75) is 33.1 Å². The van der Waals surface area contributed by atoms with E-state index in [-0.39, 0.29) is 11.2 Å². The number of benzene rings is 1. The van der Waals surface area contributed by atoms with E-state index in [1.54, 1.807) is 6.07 Å². The van der Waals surface area contributed by atoms with Crippen molar-refractivity contribution in [3.05, 3.63) is 35.3 Å². The van der Waals surface area contributed by atoms with Crippen LogP contribution in [-0.4, -0.2) is 4.98 Å². The highest BCUT2D eigenvalue weighted by Crippen LogP contribution is 2.27. The lowest BCUT2D eigenvalue weighted by Crippen LogP contribution is -2.11. The van der Waals surface area contributed by atoms with Crippen LogP contribution in [0.5, 0.6) is 0 Å². The molecular formula is C13H16FN. The van der Waals surface area contributed by atoms with Crippen molar-refractivity contribution in [1.29, 1.82) is 0 Å². The number of aromatic amines is 1. The Morgan fingerprint density at radius 3 is 2.40 bits per heavy atom. The molecule has 0 aliphatic heterocycles. The second kappa shape index (κ2) is 3.09. The molecule has 2 rings (SSSR count). The van der Waals surface area contributed by atoms with E-state index in [0.717, 1.165) is 16.6 Å². The average Bonchev–Trinajstić information content (AvgIpc) is 2.46. The summed E-state index contributed by atoms with van der Waals surface area (Å²) in [4.78, 5) is 3.16. The minimum Gasteiger partial charge on any atom is -0.356 e. The van der Waals surface area contributed by atoms with Gasteiger partial charge in [0.1, 0.15) is 5.82 Å². The number of hydrogen-bond donors (Lipinski definition) is 1. The third kappa shape index (κ3) is 1.76. The molecular weight excluding hydrogens is 189 g/mol. The van der Waals surface area contributed by atoms with Gasteiger partial charge in [-0.15, -0.1) is 0 Å². The first-order valence-corrected chi connectivity index (χ1v) is 5.17. The lowest BCUT2D eigenvalue weighted by atomic mass is 9.92. The Bertz CT molecular complexity index is 503. The SMILES string of the molecule is Cc1cc(F)c2[nH]c(C(C)(C)C)cc2c1. The van der Waals surface area contributed by atoms with Crippen LogP contribution in [0.15, 0.2) is 18.2 Å². The summed E-state index contributed by atoms with van der Waals surface area (Å²) in [5.74, 6) is -0.166. The van der Waals surface area contributed by atoms with Crippen LogP contribution in [0.1, 0.15) is 32.0 Å². The average molecular weight is 205 g/mol. The molecule has 0 unspecified atom stereocenters. The van der Waals surface area contributed by atoms with E-state index < -0.39 is 0 Å². The summed E-state index contributed by atoms with van der Waals surface area (Å²) in [7, 11) is 0. The molecule has 2 aromatic rings. The van der Waals surface area contributed by atoms with Gasteiger partial charge in [0.15, 0.2) is 0 Å². The Balaban J connectivity index is 2.71. The van der Waals surface area contributed by atoms with Gasteiger partial charge in [-0.2, -0.15) is 0 Å². The van der Waals surface area contributed by atoms with Gasteiger partial charge in [0, 0.05) is 16.5 Å². The smallest absolute Gasteiger partial charge is 0.147 e. The monoisotopic (exact) mass is 205 g/mol. The number of H-pyrrole nitrogens is 1. The molecule has 0 atom stereocenters. The fraction of sp³-hybridized carbons (Fsp3) is 0.385. The summed E-state index contributed by atoms with van der Waals surface area (Å²) in [6.07, 6.45) is 0. The maximum absolute atomic E-state index is 13.6. The second-order valence-corrected chi connectivity index (χ2v) is 5.14. The van der Waals surface area contributed by atoms with E-state index in [4.69, 9.17) is 0 Å². The van der Waals surface area contributed by atoms with Gasteiger partial charge in [-0.05, 0) is 30.7 Å². The summed E-state index contributed by atoms with van der Waals surface area (Å²) in [5.41, 5.74) is 2.67. The van der Waals surface area contributed by atoms with Crippen LogP contribution < -0.4 is 0 Å². The highest BCUT2D eigenvalue weighted by Gasteiger charge is 2.17. The van der Waals surface area contributed by atoms with E-state index in [0.29, 0.717) is 5.52 Å². The normalized spacial score (nSPS) is 12.3. The number of hydrogen-bond acceptors (Lipinski definition) is 0. The molecule has 0 aliphatic rings. The zero-order valence-electron chi connectivity index (χ0n) is 9.61. The molecule has 1 nitrogen and oxygen atoms in total. The zero-order chi connectivity index (χ0) is 11.2. The molecule has 0 spiro atoms. The van der Waals surface area contributed by atoms with Crippen molar-refractivity contribution in [3.63, 3.8) is 0 Å². The molecule has 0 saturated heterocycles. The minimum atomic E-state index is -0.166. The number of rotatable bonds is 0. The molecule has 1 N–H and O–H groups in total. The van der Waals surface area contributed by atoms with Crippen LogP contribution in [0, 0.1) is 12.7 Å². The van der Waals surface area contributed by atoms with Crippen molar-refractivity contribution < 1.29 is 4.39 Å². The Kier molecular flexibility index (Phi) is 2.10. The van der Waals surface area contributed by atoms with Crippen molar-refractivity contribution >= 4 is 10.9 Å². The Hall–Kier alpha value is -1.31. The quantitative estimate of drug-likeness (QED) is 0.671. The number of aromatic nitrogens is 1. The van der Waals surface area contributed by atoms with Crippen molar-refractivity contribution in [1.82, 2.24) is 4.98 Å². The van der Waals surface area contributed by atoms with Crippen LogP contribution in [0.2, 0.25) is 0 Å². The van der Waals surface area contributed by atoms with Crippen molar-refractivity contribution in [2.75, 3.05) is 0 Å². The van der Waals surface area contributed by atoms with E-state index in [1.165, 1.54) is 0 Å². The van der Waals surface area contributed by atoms with Gasteiger partial charge in [0.25, 0.3) is 0 Å². The molecule has 0 fully saturated rings. The van der Waals surface area contributed by atoms with Gasteiger partial charge < -0.3 is 4.98 Å². The first-order valence-electron chi connectivity index (χ1n) is 5.17. The highest BCUT2D eigenvalue weighted by atomic mass is 19.1. The summed E-state index contributed by atoms with van der Waals surface area (Å²) >= 11 is 0. The first kappa shape index (κ1) is 10.2. The fourth-order valence-corrected chi connectivity index (χ4v) is 1.75. The minimum absolute atomic E-state index is 0.0271. The molecule has 0 bridgehead atoms. The topological polar surface area (TPSA) is 15.8 Å². The number of halogens is 1. The van der Waals surface area contributed by atoms with Crippen molar-refractivity contribution in [3.8, 4) is 0 Å². The Labute approximate surface area is 89.3 Å². The molecule has 80 valence electrons. The maximum atomic E-state index is 13.6. The summed E-state index contributed by atoms with van der Waals surface area (Å²) in [6.45, 7) is 8.25. The third-order valence-electron chi connectivity index (χ3n) is 2.63. The maximum Gasteiger partial charge on any atom is 0.147 e. The van der Waals surface area contributed by atoms with E-state index in [9.17, 15) is 4.39 Å². The molecule has 15 heavy (non-hydrogen) atoms. The summed E-state index contributed by atoms with van der Waals surface area (Å²) in [6, 6.07) is 5.60. The number of aryl methyl sites for hydroxylation is 1. The molecule has 0 amide bonds.